The van der Waals surface area contributed by atoms with Gasteiger partial charge in [0.2, 0.25) is 0 Å². The van der Waals surface area contributed by atoms with Crippen LogP contribution in [0.3, 0.4) is 0 Å². The van der Waals surface area contributed by atoms with Gasteiger partial charge in [0.25, 0.3) is 0 Å². The first-order chi connectivity index (χ1) is 15.5. The third-order valence-corrected chi connectivity index (χ3v) is 6.73. The molecule has 0 spiro atoms. The van der Waals surface area contributed by atoms with Gasteiger partial charge in [-0.05, 0) is 49.7 Å². The highest BCUT2D eigenvalue weighted by Gasteiger charge is 2.52. The van der Waals surface area contributed by atoms with Gasteiger partial charge in [-0.1, -0.05) is 83.1 Å². The summed E-state index contributed by atoms with van der Waals surface area (Å²) in [7, 11) is 0. The van der Waals surface area contributed by atoms with Crippen molar-refractivity contribution in [2.75, 3.05) is 6.61 Å². The number of ether oxygens (including phenoxy) is 1. The number of carboxylic acid groups (broad SMARTS) is 1. The molecule has 2 atom stereocenters. The SMILES string of the molecule is CCCCCCCCCc1ccc(CNC2CCC(C(=O)O)(C(=O)OCCCC)C2)cc1. The van der Waals surface area contributed by atoms with Crippen LogP contribution < -0.4 is 5.32 Å². The summed E-state index contributed by atoms with van der Waals surface area (Å²) in [5.74, 6) is -1.63. The van der Waals surface area contributed by atoms with Crippen molar-refractivity contribution in [2.45, 2.75) is 110 Å². The van der Waals surface area contributed by atoms with E-state index in [-0.39, 0.29) is 6.04 Å². The maximum Gasteiger partial charge on any atom is 0.323 e. The van der Waals surface area contributed by atoms with E-state index in [2.05, 4.69) is 36.5 Å². The number of carbonyl (C=O) groups is 2. The highest BCUT2D eigenvalue weighted by atomic mass is 16.5. The van der Waals surface area contributed by atoms with Crippen LogP contribution in [-0.2, 0) is 27.3 Å². The molecule has 2 rings (SSSR count). The lowest BCUT2D eigenvalue weighted by molar-refractivity contribution is -0.168. The minimum absolute atomic E-state index is 0.0113. The van der Waals surface area contributed by atoms with Gasteiger partial charge in [-0.25, -0.2) is 0 Å². The molecule has 1 aliphatic carbocycles. The molecule has 1 aromatic rings. The molecule has 1 saturated carbocycles. The number of aryl methyl sites for hydroxylation is 1. The van der Waals surface area contributed by atoms with Crippen LogP contribution in [0.15, 0.2) is 24.3 Å². The Hall–Kier alpha value is -1.88. The third-order valence-electron chi connectivity index (χ3n) is 6.73. The second kappa shape index (κ2) is 14.3. The van der Waals surface area contributed by atoms with Gasteiger partial charge in [0.15, 0.2) is 5.41 Å². The molecule has 1 aliphatic rings. The van der Waals surface area contributed by atoms with Crippen LogP contribution >= 0.6 is 0 Å². The van der Waals surface area contributed by atoms with Gasteiger partial charge in [-0.2, -0.15) is 0 Å². The Kier molecular flexibility index (Phi) is 11.8. The number of carboxylic acids is 1. The molecule has 2 unspecified atom stereocenters. The van der Waals surface area contributed by atoms with Crippen LogP contribution in [0, 0.1) is 5.41 Å². The summed E-state index contributed by atoms with van der Waals surface area (Å²) in [6, 6.07) is 8.73. The summed E-state index contributed by atoms with van der Waals surface area (Å²) in [4.78, 5) is 24.4. The maximum absolute atomic E-state index is 12.5. The first kappa shape index (κ1) is 26.4. The number of unbranched alkanes of at least 4 members (excludes halogenated alkanes) is 7. The van der Waals surface area contributed by atoms with Crippen LogP contribution in [-0.4, -0.2) is 29.7 Å². The number of carbonyl (C=O) groups excluding carboxylic acids is 1. The number of nitrogens with one attached hydrogen (secondary N) is 1. The minimum atomic E-state index is -1.40. The Morgan fingerprint density at radius 2 is 1.59 bits per heavy atom. The molecule has 0 saturated heterocycles. The van der Waals surface area contributed by atoms with Crippen molar-refractivity contribution >= 4 is 11.9 Å². The molecule has 5 nitrogen and oxygen atoms in total. The fourth-order valence-electron chi connectivity index (χ4n) is 4.51. The van der Waals surface area contributed by atoms with Crippen LogP contribution in [0.5, 0.6) is 0 Å². The Bertz CT molecular complexity index is 687. The fourth-order valence-corrected chi connectivity index (χ4v) is 4.51. The molecule has 0 aliphatic heterocycles. The fraction of sp³-hybridized carbons (Fsp3) is 0.704. The van der Waals surface area contributed by atoms with Gasteiger partial charge < -0.3 is 15.2 Å². The monoisotopic (exact) mass is 445 g/mol. The van der Waals surface area contributed by atoms with E-state index in [0.717, 1.165) is 19.3 Å². The van der Waals surface area contributed by atoms with Gasteiger partial charge in [-0.15, -0.1) is 0 Å². The summed E-state index contributed by atoms with van der Waals surface area (Å²) in [5, 5.41) is 13.2. The zero-order valence-corrected chi connectivity index (χ0v) is 20.2. The van der Waals surface area contributed by atoms with E-state index in [0.29, 0.717) is 32.4 Å². The van der Waals surface area contributed by atoms with Crippen molar-refractivity contribution in [3.63, 3.8) is 0 Å². The summed E-state index contributed by atoms with van der Waals surface area (Å²) >= 11 is 0. The minimum Gasteiger partial charge on any atom is -0.480 e. The molecule has 0 radical (unpaired) electrons. The van der Waals surface area contributed by atoms with Crippen molar-refractivity contribution in [1.29, 1.82) is 0 Å². The van der Waals surface area contributed by atoms with Crippen molar-refractivity contribution < 1.29 is 19.4 Å². The van der Waals surface area contributed by atoms with Gasteiger partial charge in [0.05, 0.1) is 6.61 Å². The lowest BCUT2D eigenvalue weighted by Crippen LogP contribution is -2.40. The van der Waals surface area contributed by atoms with Gasteiger partial charge >= 0.3 is 11.9 Å². The number of esters is 1. The highest BCUT2D eigenvalue weighted by molar-refractivity contribution is 5.99. The predicted molar refractivity (Wildman–Crippen MR) is 129 cm³/mol. The van der Waals surface area contributed by atoms with Crippen LogP contribution in [0.25, 0.3) is 0 Å². The molecule has 0 heterocycles. The third kappa shape index (κ3) is 8.23. The van der Waals surface area contributed by atoms with E-state index >= 15 is 0 Å². The quantitative estimate of drug-likeness (QED) is 0.184. The largest absolute Gasteiger partial charge is 0.480 e. The number of benzene rings is 1. The molecule has 1 fully saturated rings. The zero-order chi connectivity index (χ0) is 23.2. The summed E-state index contributed by atoms with van der Waals surface area (Å²) in [6.07, 6.45) is 13.4. The van der Waals surface area contributed by atoms with Gasteiger partial charge in [0.1, 0.15) is 0 Å². The van der Waals surface area contributed by atoms with Crippen LogP contribution in [0.1, 0.15) is 102 Å². The molecule has 0 amide bonds. The summed E-state index contributed by atoms with van der Waals surface area (Å²) in [5.41, 5.74) is 1.17. The second-order valence-corrected chi connectivity index (χ2v) is 9.39. The smallest absolute Gasteiger partial charge is 0.323 e. The van der Waals surface area contributed by atoms with E-state index < -0.39 is 17.4 Å². The Morgan fingerprint density at radius 3 is 2.25 bits per heavy atom. The highest BCUT2D eigenvalue weighted by Crippen LogP contribution is 2.40. The molecular formula is C27H43NO4. The molecular weight excluding hydrogens is 402 g/mol. The van der Waals surface area contributed by atoms with Crippen molar-refractivity contribution in [3.8, 4) is 0 Å². The number of aliphatic carboxylic acids is 1. The molecule has 32 heavy (non-hydrogen) atoms. The summed E-state index contributed by atoms with van der Waals surface area (Å²) < 4.78 is 5.27. The van der Waals surface area contributed by atoms with Gasteiger partial charge in [0, 0.05) is 12.6 Å². The maximum atomic E-state index is 12.5. The van der Waals surface area contributed by atoms with Crippen molar-refractivity contribution in [1.82, 2.24) is 5.32 Å². The summed E-state index contributed by atoms with van der Waals surface area (Å²) in [6.45, 7) is 5.25. The lowest BCUT2D eigenvalue weighted by Gasteiger charge is -2.22. The van der Waals surface area contributed by atoms with E-state index in [1.807, 2.05) is 6.92 Å². The van der Waals surface area contributed by atoms with E-state index in [1.165, 1.54) is 56.1 Å². The Labute approximate surface area is 194 Å². The normalized spacial score (nSPS) is 20.4. The second-order valence-electron chi connectivity index (χ2n) is 9.39. The van der Waals surface area contributed by atoms with Gasteiger partial charge in [-0.3, -0.25) is 9.59 Å². The molecule has 0 bridgehead atoms. The van der Waals surface area contributed by atoms with E-state index in [9.17, 15) is 14.7 Å². The number of hydrogen-bond donors (Lipinski definition) is 2. The lowest BCUT2D eigenvalue weighted by atomic mass is 9.86. The van der Waals surface area contributed by atoms with Crippen molar-refractivity contribution in [3.05, 3.63) is 35.4 Å². The standard InChI is InChI=1S/C27H43NO4/c1-3-5-7-8-9-10-11-12-22-13-15-23(16-14-22)21-28-24-17-18-27(20-24,25(29)30)26(31)32-19-6-4-2/h13-16,24,28H,3-12,17-21H2,1-2H3,(H,29,30). The van der Waals surface area contributed by atoms with Crippen molar-refractivity contribution in [2.24, 2.45) is 5.41 Å². The predicted octanol–water partition coefficient (Wildman–Crippen LogP) is 6.04. The molecule has 5 heteroatoms. The average Bonchev–Trinajstić information content (AvgIpc) is 3.24. The molecule has 0 aromatic heterocycles. The molecule has 2 N–H and O–H groups in total. The van der Waals surface area contributed by atoms with Crippen LogP contribution in [0.4, 0.5) is 0 Å². The first-order valence-electron chi connectivity index (χ1n) is 12.7. The average molecular weight is 446 g/mol. The Balaban J connectivity index is 1.73. The van der Waals surface area contributed by atoms with E-state index in [4.69, 9.17) is 4.74 Å². The molecule has 180 valence electrons. The van der Waals surface area contributed by atoms with E-state index in [1.54, 1.807) is 0 Å². The topological polar surface area (TPSA) is 75.6 Å². The zero-order valence-electron chi connectivity index (χ0n) is 20.2. The number of hydrogen-bond acceptors (Lipinski definition) is 4. The first-order valence-corrected chi connectivity index (χ1v) is 12.7. The van der Waals surface area contributed by atoms with Crippen LogP contribution in [0.2, 0.25) is 0 Å². The molecule has 1 aromatic carbocycles. The number of rotatable bonds is 16. The Morgan fingerprint density at radius 1 is 0.969 bits per heavy atom.